The Morgan fingerprint density at radius 3 is 1.53 bits per heavy atom. The fraction of sp³-hybridized carbons (Fsp3) is 0.500. The van der Waals surface area contributed by atoms with E-state index < -0.39 is 48.6 Å². The van der Waals surface area contributed by atoms with Crippen molar-refractivity contribution in [3.8, 4) is 0 Å². The predicted octanol–water partition coefficient (Wildman–Crippen LogP) is 3.32. The van der Waals surface area contributed by atoms with Gasteiger partial charge in [0, 0.05) is 12.8 Å². The van der Waals surface area contributed by atoms with Gasteiger partial charge in [0.05, 0.1) is 13.2 Å². The molecule has 196 valence electrons. The number of hydrogen-bond acceptors (Lipinski definition) is 8. The van der Waals surface area contributed by atoms with Gasteiger partial charge in [-0.25, -0.2) is 0 Å². The van der Waals surface area contributed by atoms with Crippen molar-refractivity contribution in [2.24, 2.45) is 0 Å². The van der Waals surface area contributed by atoms with Crippen LogP contribution in [0.5, 0.6) is 0 Å². The molecule has 0 unspecified atom stereocenters. The molecule has 1 aliphatic rings. The standard InChI is InChI=1S/C28H36O8/c1-3-11-21(29)35-26-24(32)23(31)25(33-17-19-13-7-5-8-14-19)27(28(26)36-22(30)12-4-2)34-18-20-15-9-6-10-16-20/h5-10,13-16,23-28,31-32H,3-4,11-12,17-18H2,1-2H3/t23-,24+,25-,26-,27+,28+/m1/s1. The third-order valence-corrected chi connectivity index (χ3v) is 6.01. The van der Waals surface area contributed by atoms with Gasteiger partial charge in [0.2, 0.25) is 0 Å². The second-order valence-corrected chi connectivity index (χ2v) is 8.91. The van der Waals surface area contributed by atoms with E-state index in [-0.39, 0.29) is 26.1 Å². The van der Waals surface area contributed by atoms with Crippen LogP contribution in [0.4, 0.5) is 0 Å². The highest BCUT2D eigenvalue weighted by atomic mass is 16.6. The summed E-state index contributed by atoms with van der Waals surface area (Å²) in [5.74, 6) is -1.08. The first-order valence-corrected chi connectivity index (χ1v) is 12.5. The Morgan fingerprint density at radius 2 is 1.06 bits per heavy atom. The third kappa shape index (κ3) is 7.61. The van der Waals surface area contributed by atoms with Crippen molar-refractivity contribution in [2.75, 3.05) is 0 Å². The van der Waals surface area contributed by atoms with Crippen LogP contribution in [-0.2, 0) is 41.8 Å². The Balaban J connectivity index is 1.91. The number of aliphatic hydroxyl groups is 2. The Morgan fingerprint density at radius 1 is 0.639 bits per heavy atom. The van der Waals surface area contributed by atoms with Crippen LogP contribution in [0.1, 0.15) is 50.7 Å². The van der Waals surface area contributed by atoms with E-state index in [2.05, 4.69) is 0 Å². The number of hydrogen-bond donors (Lipinski definition) is 2. The molecule has 2 aromatic carbocycles. The molecule has 1 fully saturated rings. The first-order chi connectivity index (χ1) is 17.4. The highest BCUT2D eigenvalue weighted by molar-refractivity contribution is 5.70. The average Bonchev–Trinajstić information content (AvgIpc) is 2.88. The molecule has 0 amide bonds. The number of ether oxygens (including phenoxy) is 4. The SMILES string of the molecule is CCCC(=O)O[C@@H]1[C@@H](OCc2ccccc2)[C@H](OCc2ccccc2)[C@H](O)[C@H](O)[C@H]1OC(=O)CCC. The van der Waals surface area contributed by atoms with Crippen LogP contribution < -0.4 is 0 Å². The van der Waals surface area contributed by atoms with Gasteiger partial charge in [0.15, 0.2) is 12.2 Å². The molecule has 0 saturated heterocycles. The summed E-state index contributed by atoms with van der Waals surface area (Å²) in [6.45, 7) is 3.94. The molecule has 0 aliphatic heterocycles. The van der Waals surface area contributed by atoms with Gasteiger partial charge < -0.3 is 29.2 Å². The van der Waals surface area contributed by atoms with Crippen molar-refractivity contribution in [1.82, 2.24) is 0 Å². The molecule has 8 heteroatoms. The Labute approximate surface area is 212 Å². The molecule has 1 saturated carbocycles. The number of rotatable bonds is 12. The molecule has 0 bridgehead atoms. The first kappa shape index (κ1) is 27.8. The number of esters is 2. The second kappa shape index (κ2) is 14.1. The molecule has 36 heavy (non-hydrogen) atoms. The van der Waals surface area contributed by atoms with Crippen LogP contribution in [0.25, 0.3) is 0 Å². The van der Waals surface area contributed by atoms with E-state index in [0.29, 0.717) is 12.8 Å². The quantitative estimate of drug-likeness (QED) is 0.427. The zero-order chi connectivity index (χ0) is 25.9. The van der Waals surface area contributed by atoms with E-state index in [0.717, 1.165) is 11.1 Å². The summed E-state index contributed by atoms with van der Waals surface area (Å²) in [6, 6.07) is 18.8. The molecule has 8 nitrogen and oxygen atoms in total. The minimum atomic E-state index is -1.54. The lowest BCUT2D eigenvalue weighted by Crippen LogP contribution is -2.66. The van der Waals surface area contributed by atoms with Gasteiger partial charge in [-0.1, -0.05) is 74.5 Å². The molecule has 2 N–H and O–H groups in total. The zero-order valence-corrected chi connectivity index (χ0v) is 20.8. The minimum Gasteiger partial charge on any atom is -0.455 e. The largest absolute Gasteiger partial charge is 0.455 e. The monoisotopic (exact) mass is 500 g/mol. The van der Waals surface area contributed by atoms with Gasteiger partial charge in [-0.2, -0.15) is 0 Å². The van der Waals surface area contributed by atoms with E-state index in [1.54, 1.807) is 0 Å². The number of benzene rings is 2. The number of carbonyl (C=O) groups excluding carboxylic acids is 2. The number of aliphatic hydroxyl groups excluding tert-OH is 2. The molecule has 0 radical (unpaired) electrons. The summed E-state index contributed by atoms with van der Waals surface area (Å²) in [4.78, 5) is 24.9. The van der Waals surface area contributed by atoms with Crippen LogP contribution in [0.15, 0.2) is 60.7 Å². The van der Waals surface area contributed by atoms with Crippen LogP contribution in [0, 0.1) is 0 Å². The van der Waals surface area contributed by atoms with E-state index in [9.17, 15) is 19.8 Å². The maximum atomic E-state index is 12.6. The van der Waals surface area contributed by atoms with Gasteiger partial charge in [-0.05, 0) is 24.0 Å². The van der Waals surface area contributed by atoms with Crippen LogP contribution in [0.3, 0.4) is 0 Å². The Bertz CT molecular complexity index is 935. The van der Waals surface area contributed by atoms with Gasteiger partial charge in [-0.15, -0.1) is 0 Å². The minimum absolute atomic E-state index is 0.123. The third-order valence-electron chi connectivity index (χ3n) is 6.01. The lowest BCUT2D eigenvalue weighted by molar-refractivity contribution is -0.262. The van der Waals surface area contributed by atoms with Crippen LogP contribution in [0.2, 0.25) is 0 Å². The smallest absolute Gasteiger partial charge is 0.306 e. The van der Waals surface area contributed by atoms with Gasteiger partial charge in [0.25, 0.3) is 0 Å². The lowest BCUT2D eigenvalue weighted by atomic mass is 9.84. The fourth-order valence-electron chi connectivity index (χ4n) is 4.17. The predicted molar refractivity (Wildman–Crippen MR) is 132 cm³/mol. The fourth-order valence-corrected chi connectivity index (χ4v) is 4.17. The molecular formula is C28H36O8. The number of carbonyl (C=O) groups is 2. The lowest BCUT2D eigenvalue weighted by Gasteiger charge is -2.46. The molecule has 0 aromatic heterocycles. The van der Waals surface area contributed by atoms with Crippen molar-refractivity contribution < 1.29 is 38.7 Å². The maximum Gasteiger partial charge on any atom is 0.306 e. The molecule has 2 aromatic rings. The second-order valence-electron chi connectivity index (χ2n) is 8.91. The summed E-state index contributed by atoms with van der Waals surface area (Å²) in [5, 5.41) is 22.0. The van der Waals surface area contributed by atoms with Crippen molar-refractivity contribution in [2.45, 2.75) is 89.4 Å². The van der Waals surface area contributed by atoms with Crippen molar-refractivity contribution in [3.05, 3.63) is 71.8 Å². The average molecular weight is 501 g/mol. The first-order valence-electron chi connectivity index (χ1n) is 12.5. The summed E-state index contributed by atoms with van der Waals surface area (Å²) in [6.07, 6.45) is -6.16. The Kier molecular flexibility index (Phi) is 10.9. The molecule has 1 aliphatic carbocycles. The summed E-state index contributed by atoms with van der Waals surface area (Å²) in [5.41, 5.74) is 1.72. The van der Waals surface area contributed by atoms with Crippen LogP contribution in [-0.4, -0.2) is 58.8 Å². The molecule has 6 atom stereocenters. The van der Waals surface area contributed by atoms with Crippen LogP contribution >= 0.6 is 0 Å². The van der Waals surface area contributed by atoms with E-state index in [1.807, 2.05) is 74.5 Å². The molecule has 3 rings (SSSR count). The van der Waals surface area contributed by atoms with Crippen molar-refractivity contribution in [3.63, 3.8) is 0 Å². The molecular weight excluding hydrogens is 464 g/mol. The summed E-state index contributed by atoms with van der Waals surface area (Å²) >= 11 is 0. The highest BCUT2D eigenvalue weighted by Crippen LogP contribution is 2.32. The summed E-state index contributed by atoms with van der Waals surface area (Å²) in [7, 11) is 0. The van der Waals surface area contributed by atoms with Crippen molar-refractivity contribution in [1.29, 1.82) is 0 Å². The normalized spacial score (nSPS) is 25.8. The van der Waals surface area contributed by atoms with E-state index in [1.165, 1.54) is 0 Å². The highest BCUT2D eigenvalue weighted by Gasteiger charge is 2.55. The van der Waals surface area contributed by atoms with E-state index >= 15 is 0 Å². The van der Waals surface area contributed by atoms with Gasteiger partial charge in [-0.3, -0.25) is 9.59 Å². The molecule has 0 spiro atoms. The van der Waals surface area contributed by atoms with E-state index in [4.69, 9.17) is 18.9 Å². The summed E-state index contributed by atoms with van der Waals surface area (Å²) < 4.78 is 23.5. The zero-order valence-electron chi connectivity index (χ0n) is 20.8. The topological polar surface area (TPSA) is 112 Å². The van der Waals surface area contributed by atoms with Crippen molar-refractivity contribution >= 4 is 11.9 Å². The maximum absolute atomic E-state index is 12.6. The van der Waals surface area contributed by atoms with Gasteiger partial charge >= 0.3 is 11.9 Å². The van der Waals surface area contributed by atoms with Gasteiger partial charge in [0.1, 0.15) is 24.4 Å². The molecule has 0 heterocycles. The Hall–Kier alpha value is -2.78.